The number of anilines is 1. The van der Waals surface area contributed by atoms with Crippen LogP contribution in [0.15, 0.2) is 18.2 Å². The SMILES string of the molecule is CCC1CCCCC1Nc1cc(C(=O)N(C)C)ccc1Cl. The summed E-state index contributed by atoms with van der Waals surface area (Å²) in [7, 11) is 3.52. The van der Waals surface area contributed by atoms with Crippen molar-refractivity contribution in [2.45, 2.75) is 45.1 Å². The predicted octanol–water partition coefficient (Wildman–Crippen LogP) is 4.42. The summed E-state index contributed by atoms with van der Waals surface area (Å²) in [6, 6.07) is 5.94. The van der Waals surface area contributed by atoms with Crippen LogP contribution in [0.5, 0.6) is 0 Å². The molecule has 1 aromatic carbocycles. The second kappa shape index (κ2) is 7.17. The highest BCUT2D eigenvalue weighted by atomic mass is 35.5. The van der Waals surface area contributed by atoms with E-state index in [1.165, 1.54) is 32.1 Å². The third-order valence-electron chi connectivity index (χ3n) is 4.39. The van der Waals surface area contributed by atoms with E-state index in [0.29, 0.717) is 22.5 Å². The molecule has 0 heterocycles. The Morgan fingerprint density at radius 2 is 2.05 bits per heavy atom. The molecule has 1 N–H and O–H groups in total. The van der Waals surface area contributed by atoms with Gasteiger partial charge in [-0.05, 0) is 37.0 Å². The lowest BCUT2D eigenvalue weighted by atomic mass is 9.83. The average molecular weight is 309 g/mol. The number of carbonyl (C=O) groups is 1. The predicted molar refractivity (Wildman–Crippen MR) is 89.1 cm³/mol. The summed E-state index contributed by atoms with van der Waals surface area (Å²) in [5.41, 5.74) is 1.56. The van der Waals surface area contributed by atoms with E-state index in [1.807, 2.05) is 12.1 Å². The summed E-state index contributed by atoms with van der Waals surface area (Å²) >= 11 is 6.30. The summed E-state index contributed by atoms with van der Waals surface area (Å²) in [5, 5.41) is 4.27. The van der Waals surface area contributed by atoms with Crippen molar-refractivity contribution in [2.75, 3.05) is 19.4 Å². The van der Waals surface area contributed by atoms with Crippen LogP contribution in [0, 0.1) is 5.92 Å². The van der Waals surface area contributed by atoms with E-state index in [1.54, 1.807) is 25.1 Å². The maximum absolute atomic E-state index is 12.1. The molecule has 1 aromatic rings. The Labute approximate surface area is 132 Å². The zero-order valence-corrected chi connectivity index (χ0v) is 13.9. The van der Waals surface area contributed by atoms with E-state index in [0.717, 1.165) is 5.69 Å². The molecular formula is C17H25ClN2O. The molecule has 2 rings (SSSR count). The van der Waals surface area contributed by atoms with Gasteiger partial charge in [0, 0.05) is 25.7 Å². The number of rotatable bonds is 4. The first-order chi connectivity index (χ1) is 10.0. The molecule has 21 heavy (non-hydrogen) atoms. The summed E-state index contributed by atoms with van der Waals surface area (Å²) in [6.07, 6.45) is 6.24. The van der Waals surface area contributed by atoms with E-state index in [2.05, 4.69) is 12.2 Å². The standard InChI is InChI=1S/C17H25ClN2O/c1-4-12-7-5-6-8-15(12)19-16-11-13(9-10-14(16)18)17(21)20(2)3/h9-12,15,19H,4-8H2,1-3H3. The van der Waals surface area contributed by atoms with Crippen molar-refractivity contribution < 1.29 is 4.79 Å². The highest BCUT2D eigenvalue weighted by Crippen LogP contribution is 2.32. The zero-order chi connectivity index (χ0) is 15.4. The summed E-state index contributed by atoms with van der Waals surface area (Å²) in [5.74, 6) is 0.702. The second-order valence-corrected chi connectivity index (χ2v) is 6.51. The molecule has 0 aliphatic heterocycles. The van der Waals surface area contributed by atoms with Gasteiger partial charge in [0.1, 0.15) is 0 Å². The van der Waals surface area contributed by atoms with Crippen molar-refractivity contribution in [1.82, 2.24) is 4.90 Å². The molecule has 2 atom stereocenters. The van der Waals surface area contributed by atoms with Gasteiger partial charge in [-0.25, -0.2) is 0 Å². The third kappa shape index (κ3) is 3.91. The van der Waals surface area contributed by atoms with Crippen LogP contribution in [-0.4, -0.2) is 30.9 Å². The van der Waals surface area contributed by atoms with Gasteiger partial charge < -0.3 is 10.2 Å². The number of amides is 1. The highest BCUT2D eigenvalue weighted by Gasteiger charge is 2.24. The Bertz CT molecular complexity index is 502. The molecule has 1 aliphatic carbocycles. The number of benzene rings is 1. The van der Waals surface area contributed by atoms with E-state index in [4.69, 9.17) is 11.6 Å². The van der Waals surface area contributed by atoms with Gasteiger partial charge in [-0.15, -0.1) is 0 Å². The topological polar surface area (TPSA) is 32.3 Å². The van der Waals surface area contributed by atoms with Gasteiger partial charge in [0.05, 0.1) is 10.7 Å². The Morgan fingerprint density at radius 3 is 2.71 bits per heavy atom. The van der Waals surface area contributed by atoms with Crippen LogP contribution in [0.4, 0.5) is 5.69 Å². The Balaban J connectivity index is 2.18. The van der Waals surface area contributed by atoms with Gasteiger partial charge in [-0.1, -0.05) is 37.8 Å². The lowest BCUT2D eigenvalue weighted by Crippen LogP contribution is -2.32. The van der Waals surface area contributed by atoms with Crippen LogP contribution in [0.2, 0.25) is 5.02 Å². The quantitative estimate of drug-likeness (QED) is 0.893. The number of carbonyl (C=O) groups excluding carboxylic acids is 1. The third-order valence-corrected chi connectivity index (χ3v) is 4.72. The minimum atomic E-state index is 0.00500. The fourth-order valence-corrected chi connectivity index (χ4v) is 3.29. The van der Waals surface area contributed by atoms with Crippen LogP contribution >= 0.6 is 11.6 Å². The molecule has 1 aliphatic rings. The molecule has 1 amide bonds. The molecule has 3 nitrogen and oxygen atoms in total. The molecule has 4 heteroatoms. The maximum atomic E-state index is 12.1. The molecule has 0 bridgehead atoms. The van der Waals surface area contributed by atoms with E-state index in [9.17, 15) is 4.79 Å². The van der Waals surface area contributed by atoms with E-state index in [-0.39, 0.29) is 5.91 Å². The second-order valence-electron chi connectivity index (χ2n) is 6.10. The lowest BCUT2D eigenvalue weighted by Gasteiger charge is -2.32. The van der Waals surface area contributed by atoms with Crippen molar-refractivity contribution in [2.24, 2.45) is 5.92 Å². The molecule has 1 saturated carbocycles. The van der Waals surface area contributed by atoms with Crippen molar-refractivity contribution in [3.63, 3.8) is 0 Å². The van der Waals surface area contributed by atoms with Crippen molar-refractivity contribution in [3.05, 3.63) is 28.8 Å². The number of hydrogen-bond donors (Lipinski definition) is 1. The molecule has 0 saturated heterocycles. The van der Waals surface area contributed by atoms with Crippen molar-refractivity contribution >= 4 is 23.2 Å². The fourth-order valence-electron chi connectivity index (χ4n) is 3.11. The van der Waals surface area contributed by atoms with Crippen LogP contribution in [0.3, 0.4) is 0 Å². The first-order valence-corrected chi connectivity index (χ1v) is 8.18. The van der Waals surface area contributed by atoms with E-state index < -0.39 is 0 Å². The van der Waals surface area contributed by atoms with Crippen LogP contribution in [0.25, 0.3) is 0 Å². The monoisotopic (exact) mass is 308 g/mol. The van der Waals surface area contributed by atoms with Crippen LogP contribution in [-0.2, 0) is 0 Å². The average Bonchev–Trinajstić information content (AvgIpc) is 2.49. The van der Waals surface area contributed by atoms with Crippen LogP contribution < -0.4 is 5.32 Å². The van der Waals surface area contributed by atoms with Gasteiger partial charge in [0.2, 0.25) is 0 Å². The summed E-state index contributed by atoms with van der Waals surface area (Å²) < 4.78 is 0. The highest BCUT2D eigenvalue weighted by molar-refractivity contribution is 6.33. The number of hydrogen-bond acceptors (Lipinski definition) is 2. The smallest absolute Gasteiger partial charge is 0.253 e. The van der Waals surface area contributed by atoms with Gasteiger partial charge in [0.15, 0.2) is 0 Å². The summed E-state index contributed by atoms with van der Waals surface area (Å²) in [4.78, 5) is 13.7. The van der Waals surface area contributed by atoms with Gasteiger partial charge >= 0.3 is 0 Å². The van der Waals surface area contributed by atoms with Crippen molar-refractivity contribution in [3.8, 4) is 0 Å². The Kier molecular flexibility index (Phi) is 5.51. The van der Waals surface area contributed by atoms with E-state index >= 15 is 0 Å². The zero-order valence-electron chi connectivity index (χ0n) is 13.2. The fraction of sp³-hybridized carbons (Fsp3) is 0.588. The van der Waals surface area contributed by atoms with Gasteiger partial charge in [0.25, 0.3) is 5.91 Å². The molecule has 0 spiro atoms. The Morgan fingerprint density at radius 1 is 1.33 bits per heavy atom. The minimum absolute atomic E-state index is 0.00500. The van der Waals surface area contributed by atoms with Gasteiger partial charge in [-0.2, -0.15) is 0 Å². The van der Waals surface area contributed by atoms with Crippen LogP contribution in [0.1, 0.15) is 49.4 Å². The number of nitrogens with one attached hydrogen (secondary N) is 1. The lowest BCUT2D eigenvalue weighted by molar-refractivity contribution is 0.0827. The minimum Gasteiger partial charge on any atom is -0.381 e. The molecule has 0 radical (unpaired) electrons. The normalized spacial score (nSPS) is 21.9. The molecule has 2 unspecified atom stereocenters. The Hall–Kier alpha value is -1.22. The first kappa shape index (κ1) is 16.2. The number of halogens is 1. The van der Waals surface area contributed by atoms with Gasteiger partial charge in [-0.3, -0.25) is 4.79 Å². The first-order valence-electron chi connectivity index (χ1n) is 7.80. The molecule has 1 fully saturated rings. The molecule has 0 aromatic heterocycles. The summed E-state index contributed by atoms with van der Waals surface area (Å²) in [6.45, 7) is 2.25. The molecular weight excluding hydrogens is 284 g/mol. The van der Waals surface area contributed by atoms with Crippen molar-refractivity contribution in [1.29, 1.82) is 0 Å². The number of nitrogens with zero attached hydrogens (tertiary/aromatic N) is 1. The molecule has 116 valence electrons. The largest absolute Gasteiger partial charge is 0.381 e. The maximum Gasteiger partial charge on any atom is 0.253 e.